The highest BCUT2D eigenvalue weighted by Gasteiger charge is 2.46. The summed E-state index contributed by atoms with van der Waals surface area (Å²) >= 11 is 0. The van der Waals surface area contributed by atoms with Crippen molar-refractivity contribution >= 4 is 26.4 Å². The van der Waals surface area contributed by atoms with E-state index >= 15 is 0 Å². The number of nitrogens with zero attached hydrogens (tertiary/aromatic N) is 2. The van der Waals surface area contributed by atoms with Gasteiger partial charge in [0.05, 0.1) is 0 Å². The first-order chi connectivity index (χ1) is 10.1. The van der Waals surface area contributed by atoms with Crippen molar-refractivity contribution in [3.05, 3.63) is 0 Å². The third-order valence-electron chi connectivity index (χ3n) is 3.69. The van der Waals surface area contributed by atoms with Crippen molar-refractivity contribution in [3.8, 4) is 0 Å². The van der Waals surface area contributed by atoms with Crippen molar-refractivity contribution in [1.29, 1.82) is 0 Å². The monoisotopic (exact) mass is 356 g/mol. The fourth-order valence-electron chi connectivity index (χ4n) is 2.60. The fourth-order valence-corrected chi connectivity index (χ4v) is 4.32. The minimum Gasteiger partial charge on any atom is -0.474 e. The van der Waals surface area contributed by atoms with Crippen LogP contribution in [-0.2, 0) is 18.5 Å². The number of carbonyl (C=O) groups excluding carboxylic acids is 1. The van der Waals surface area contributed by atoms with E-state index < -0.39 is 20.5 Å². The van der Waals surface area contributed by atoms with E-state index in [2.05, 4.69) is 14.7 Å². The zero-order chi connectivity index (χ0) is 16.5. The maximum absolute atomic E-state index is 11.4. The second-order valence-electron chi connectivity index (χ2n) is 5.33. The Balaban J connectivity index is 1.94. The number of hydrogen-bond acceptors (Lipinski definition) is 7. The molecule has 0 aromatic rings. The number of rotatable bonds is 5. The Kier molecular flexibility index (Phi) is 5.11. The molecule has 3 aliphatic heterocycles. The van der Waals surface area contributed by atoms with Crippen LogP contribution in [0, 0.1) is 5.92 Å². The molecular weight excluding hydrogens is 338 g/mol. The normalized spacial score (nSPS) is 31.5. The molecule has 0 saturated carbocycles. The third-order valence-corrected chi connectivity index (χ3v) is 6.51. The van der Waals surface area contributed by atoms with Crippen LogP contribution in [-0.4, -0.2) is 56.5 Å². The van der Waals surface area contributed by atoms with Crippen molar-refractivity contribution in [1.82, 2.24) is 4.90 Å². The predicted molar refractivity (Wildman–Crippen MR) is 75.5 cm³/mol. The standard InChI is InChI=1S/C10H18N2O8P2/c1-7(11-20-22(17,18)10(13)21(14,15)16)19-9-6-12-4-2-8(9)3-5-12/h8-9H,2-6H2,1H3,(H,17,18)(H2,14,15,16). The molecule has 3 N–H and O–H groups in total. The Bertz CT molecular complexity index is 565. The van der Waals surface area contributed by atoms with E-state index in [9.17, 15) is 18.8 Å². The van der Waals surface area contributed by atoms with Gasteiger partial charge in [0.25, 0.3) is 0 Å². The quantitative estimate of drug-likeness (QED) is 0.283. The third kappa shape index (κ3) is 4.16. The summed E-state index contributed by atoms with van der Waals surface area (Å²) in [5.41, 5.74) is 0. The highest BCUT2D eigenvalue weighted by molar-refractivity contribution is 7.97. The lowest BCUT2D eigenvalue weighted by Crippen LogP contribution is -2.51. The van der Waals surface area contributed by atoms with Gasteiger partial charge in [-0.3, -0.25) is 14.3 Å². The average Bonchev–Trinajstić information content (AvgIpc) is 2.45. The van der Waals surface area contributed by atoms with E-state index in [1.54, 1.807) is 0 Å². The van der Waals surface area contributed by atoms with Crippen molar-refractivity contribution < 1.29 is 38.0 Å². The van der Waals surface area contributed by atoms with Gasteiger partial charge in [-0.1, -0.05) is 0 Å². The van der Waals surface area contributed by atoms with Gasteiger partial charge in [0.2, 0.25) is 5.90 Å². The summed E-state index contributed by atoms with van der Waals surface area (Å²) in [5.74, 6) is 0.291. The van der Waals surface area contributed by atoms with Gasteiger partial charge in [0.15, 0.2) is 0 Å². The molecule has 0 spiro atoms. The Hall–Kier alpha value is -0.760. The predicted octanol–water partition coefficient (Wildman–Crippen LogP) is 0.930. The van der Waals surface area contributed by atoms with E-state index in [1.165, 1.54) is 6.92 Å². The van der Waals surface area contributed by atoms with Crippen molar-refractivity contribution in [2.24, 2.45) is 11.1 Å². The fraction of sp³-hybridized carbons (Fsp3) is 0.800. The summed E-state index contributed by atoms with van der Waals surface area (Å²) in [6.07, 6.45) is 1.87. The van der Waals surface area contributed by atoms with Gasteiger partial charge in [-0.05, 0) is 37.0 Å². The van der Waals surface area contributed by atoms with Gasteiger partial charge in [-0.2, -0.15) is 0 Å². The van der Waals surface area contributed by atoms with E-state index in [4.69, 9.17) is 14.5 Å². The number of oxime groups is 1. The zero-order valence-corrected chi connectivity index (χ0v) is 13.7. The van der Waals surface area contributed by atoms with Gasteiger partial charge in [-0.15, -0.1) is 0 Å². The summed E-state index contributed by atoms with van der Waals surface area (Å²) in [6, 6.07) is 0. The highest BCUT2D eigenvalue weighted by atomic mass is 31.2. The number of ether oxygens (including phenoxy) is 1. The molecule has 126 valence electrons. The van der Waals surface area contributed by atoms with Crippen LogP contribution in [0.3, 0.4) is 0 Å². The minimum absolute atomic E-state index is 0.0773. The number of fused-ring (bicyclic) bond motifs is 3. The van der Waals surface area contributed by atoms with Crippen molar-refractivity contribution in [3.63, 3.8) is 0 Å². The van der Waals surface area contributed by atoms with E-state index in [0.29, 0.717) is 5.92 Å². The van der Waals surface area contributed by atoms with Gasteiger partial charge >= 0.3 is 20.5 Å². The Labute approximate surface area is 126 Å². The first kappa shape index (κ1) is 17.6. The van der Waals surface area contributed by atoms with Crippen LogP contribution >= 0.6 is 15.2 Å². The van der Waals surface area contributed by atoms with E-state index in [1.807, 2.05) is 0 Å². The maximum atomic E-state index is 11.4. The summed E-state index contributed by atoms with van der Waals surface area (Å²) in [5, 5.41) is 1.01. The molecule has 22 heavy (non-hydrogen) atoms. The van der Waals surface area contributed by atoms with Gasteiger partial charge in [0, 0.05) is 13.5 Å². The molecule has 2 unspecified atom stereocenters. The number of piperidine rings is 3. The number of hydrogen-bond donors (Lipinski definition) is 3. The molecule has 0 aromatic heterocycles. The first-order valence-corrected chi connectivity index (χ1v) is 9.84. The molecule has 3 rings (SSSR count). The molecular formula is C10H18N2O8P2. The molecule has 12 heteroatoms. The van der Waals surface area contributed by atoms with Crippen LogP contribution in [0.5, 0.6) is 0 Å². The molecule has 3 fully saturated rings. The molecule has 0 radical (unpaired) electrons. The first-order valence-electron chi connectivity index (χ1n) is 6.65. The molecule has 2 bridgehead atoms. The smallest absolute Gasteiger partial charge is 0.474 e. The van der Waals surface area contributed by atoms with Gasteiger partial charge < -0.3 is 24.0 Å². The molecule has 0 amide bonds. The lowest BCUT2D eigenvalue weighted by molar-refractivity contribution is -0.0166. The summed E-state index contributed by atoms with van der Waals surface area (Å²) in [7, 11) is -10.6. The second kappa shape index (κ2) is 6.39. The van der Waals surface area contributed by atoms with Crippen LogP contribution in [0.1, 0.15) is 19.8 Å². The Morgan fingerprint density at radius 2 is 1.82 bits per heavy atom. The molecule has 3 heterocycles. The summed E-state index contributed by atoms with van der Waals surface area (Å²) in [4.78, 5) is 39.7. The Morgan fingerprint density at radius 1 is 1.23 bits per heavy atom. The zero-order valence-electron chi connectivity index (χ0n) is 11.9. The highest BCUT2D eigenvalue weighted by Crippen LogP contribution is 2.58. The van der Waals surface area contributed by atoms with Crippen LogP contribution < -0.4 is 0 Å². The SMILES string of the molecule is CC(=NOP(=O)(O)C(=O)P(=O)(O)O)OC1CN2CCC1CC2. The molecule has 3 saturated heterocycles. The van der Waals surface area contributed by atoms with E-state index in [0.717, 1.165) is 32.5 Å². The molecule has 0 aromatic carbocycles. The van der Waals surface area contributed by atoms with Gasteiger partial charge in [-0.25, -0.2) is 4.57 Å². The minimum atomic E-state index is -5.38. The van der Waals surface area contributed by atoms with Crippen LogP contribution in [0.4, 0.5) is 4.79 Å². The average molecular weight is 356 g/mol. The van der Waals surface area contributed by atoms with Crippen LogP contribution in [0.15, 0.2) is 5.16 Å². The lowest BCUT2D eigenvalue weighted by atomic mass is 9.86. The molecule has 0 aliphatic carbocycles. The molecule has 3 aliphatic rings. The maximum Gasteiger partial charge on any atom is 0.476 e. The molecule has 2 atom stereocenters. The van der Waals surface area contributed by atoms with Crippen molar-refractivity contribution in [2.45, 2.75) is 25.9 Å². The van der Waals surface area contributed by atoms with Crippen LogP contribution in [0.2, 0.25) is 0 Å². The van der Waals surface area contributed by atoms with Crippen LogP contribution in [0.25, 0.3) is 0 Å². The van der Waals surface area contributed by atoms with Gasteiger partial charge in [0.1, 0.15) is 6.10 Å². The number of carbonyl (C=O) groups is 1. The largest absolute Gasteiger partial charge is 0.476 e. The second-order valence-corrected chi connectivity index (χ2v) is 8.79. The Morgan fingerprint density at radius 3 is 2.27 bits per heavy atom. The lowest BCUT2D eigenvalue weighted by Gasteiger charge is -2.44. The van der Waals surface area contributed by atoms with Crippen molar-refractivity contribution in [2.75, 3.05) is 19.6 Å². The van der Waals surface area contributed by atoms with E-state index in [-0.39, 0.29) is 12.0 Å². The summed E-state index contributed by atoms with van der Waals surface area (Å²) in [6.45, 7) is 4.12. The summed E-state index contributed by atoms with van der Waals surface area (Å²) < 4.78 is 31.7. The molecule has 10 nitrogen and oxygen atoms in total. The topological polar surface area (TPSA) is 146 Å².